The van der Waals surface area contributed by atoms with Gasteiger partial charge in [-0.15, -0.1) is 11.6 Å². The summed E-state index contributed by atoms with van der Waals surface area (Å²) in [5, 5.41) is 3.15. The minimum Gasteiger partial charge on any atom is -0.494 e. The molecule has 0 aliphatic rings. The van der Waals surface area contributed by atoms with Gasteiger partial charge in [-0.1, -0.05) is 0 Å². The van der Waals surface area contributed by atoms with Gasteiger partial charge >= 0.3 is 0 Å². The van der Waals surface area contributed by atoms with E-state index in [-0.39, 0.29) is 0 Å². The predicted octanol–water partition coefficient (Wildman–Crippen LogP) is 3.67. The van der Waals surface area contributed by atoms with Gasteiger partial charge in [-0.25, -0.2) is 4.98 Å². The summed E-state index contributed by atoms with van der Waals surface area (Å²) < 4.78 is 10.7. The number of halogens is 1. The Balaban J connectivity index is 2.25. The highest BCUT2D eigenvalue weighted by atomic mass is 35.5. The van der Waals surface area contributed by atoms with Gasteiger partial charge in [0.05, 0.1) is 19.6 Å². The number of alkyl halides is 1. The Morgan fingerprint density at radius 2 is 2.05 bits per heavy atom. The summed E-state index contributed by atoms with van der Waals surface area (Å²) in [6.07, 6.45) is 0. The number of aryl methyl sites for hydroxylation is 1. The molecule has 0 saturated carbocycles. The fraction of sp³-hybridized carbons (Fsp3) is 0.333. The van der Waals surface area contributed by atoms with E-state index >= 15 is 0 Å². The first kappa shape index (κ1) is 15.4. The van der Waals surface area contributed by atoms with Crippen LogP contribution in [0.4, 0.5) is 11.6 Å². The Bertz CT molecular complexity index is 620. The molecule has 0 saturated heterocycles. The molecular formula is C15H18ClN3O2. The van der Waals surface area contributed by atoms with Crippen LogP contribution in [0.5, 0.6) is 11.6 Å². The topological polar surface area (TPSA) is 56.3 Å². The lowest BCUT2D eigenvalue weighted by molar-refractivity contribution is 0.337. The van der Waals surface area contributed by atoms with Gasteiger partial charge in [-0.05, 0) is 32.0 Å². The molecule has 21 heavy (non-hydrogen) atoms. The van der Waals surface area contributed by atoms with E-state index in [9.17, 15) is 0 Å². The number of nitrogens with one attached hydrogen (secondary N) is 1. The average molecular weight is 308 g/mol. The van der Waals surface area contributed by atoms with E-state index in [1.54, 1.807) is 13.2 Å². The van der Waals surface area contributed by atoms with Crippen molar-refractivity contribution in [2.45, 2.75) is 19.7 Å². The highest BCUT2D eigenvalue weighted by Crippen LogP contribution is 2.26. The van der Waals surface area contributed by atoms with Crippen molar-refractivity contribution in [3.8, 4) is 11.6 Å². The molecule has 5 nitrogen and oxygen atoms in total. The lowest BCUT2D eigenvalue weighted by Crippen LogP contribution is -2.02. The molecule has 2 rings (SSSR count). The Morgan fingerprint density at radius 3 is 2.71 bits per heavy atom. The summed E-state index contributed by atoms with van der Waals surface area (Å²) in [7, 11) is 1.58. The molecule has 0 unspecified atom stereocenters. The Hall–Kier alpha value is -2.01. The first-order valence-electron chi connectivity index (χ1n) is 6.64. The van der Waals surface area contributed by atoms with Gasteiger partial charge in [0.15, 0.2) is 0 Å². The van der Waals surface area contributed by atoms with Crippen molar-refractivity contribution < 1.29 is 9.47 Å². The summed E-state index contributed by atoms with van der Waals surface area (Å²) in [5.74, 6) is 2.17. The summed E-state index contributed by atoms with van der Waals surface area (Å²) in [5.41, 5.74) is 2.60. The molecule has 2 aromatic rings. The molecule has 0 spiro atoms. The molecule has 0 amide bonds. The monoisotopic (exact) mass is 307 g/mol. The molecule has 0 fully saturated rings. The third-order valence-electron chi connectivity index (χ3n) is 2.80. The van der Waals surface area contributed by atoms with Crippen molar-refractivity contribution in [1.29, 1.82) is 0 Å². The molecule has 0 aliphatic heterocycles. The van der Waals surface area contributed by atoms with Gasteiger partial charge in [0.2, 0.25) is 11.8 Å². The fourth-order valence-electron chi connectivity index (χ4n) is 1.89. The Kier molecular flexibility index (Phi) is 5.22. The molecule has 0 atom stereocenters. The van der Waals surface area contributed by atoms with Gasteiger partial charge in [0.1, 0.15) is 5.75 Å². The first-order valence-corrected chi connectivity index (χ1v) is 7.18. The standard InChI is InChI=1S/C15H18ClN3O2/c1-4-21-13-6-5-12(8-11(13)9-16)18-15-17-10(2)7-14(19-15)20-3/h5-8H,4,9H2,1-3H3,(H,17,18,19). The number of methoxy groups -OCH3 is 1. The number of ether oxygens (including phenoxy) is 2. The van der Waals surface area contributed by atoms with Gasteiger partial charge < -0.3 is 14.8 Å². The van der Waals surface area contributed by atoms with Gasteiger partial charge in [0.25, 0.3) is 0 Å². The van der Waals surface area contributed by atoms with Crippen LogP contribution in [0.25, 0.3) is 0 Å². The maximum Gasteiger partial charge on any atom is 0.230 e. The maximum absolute atomic E-state index is 5.96. The lowest BCUT2D eigenvalue weighted by Gasteiger charge is -2.12. The summed E-state index contributed by atoms with van der Waals surface area (Å²) in [4.78, 5) is 8.58. The second-order valence-corrected chi connectivity index (χ2v) is 4.66. The van der Waals surface area contributed by atoms with Gasteiger partial charge in [-0.3, -0.25) is 0 Å². The number of nitrogens with zero attached hydrogens (tertiary/aromatic N) is 2. The smallest absolute Gasteiger partial charge is 0.230 e. The zero-order valence-electron chi connectivity index (χ0n) is 12.3. The number of rotatable bonds is 6. The molecule has 1 aromatic heterocycles. The number of aromatic nitrogens is 2. The van der Waals surface area contributed by atoms with Crippen LogP contribution >= 0.6 is 11.6 Å². The third kappa shape index (κ3) is 3.98. The van der Waals surface area contributed by atoms with Crippen LogP contribution in [0, 0.1) is 6.92 Å². The number of benzene rings is 1. The van der Waals surface area contributed by atoms with Crippen LogP contribution in [0.2, 0.25) is 0 Å². The minimum atomic E-state index is 0.378. The zero-order valence-corrected chi connectivity index (χ0v) is 13.1. The highest BCUT2D eigenvalue weighted by molar-refractivity contribution is 6.17. The largest absolute Gasteiger partial charge is 0.494 e. The van der Waals surface area contributed by atoms with E-state index < -0.39 is 0 Å². The second kappa shape index (κ2) is 7.13. The molecule has 1 heterocycles. The molecular weight excluding hydrogens is 290 g/mol. The zero-order chi connectivity index (χ0) is 15.2. The van der Waals surface area contributed by atoms with Gasteiger partial charge in [-0.2, -0.15) is 4.98 Å². The number of anilines is 2. The average Bonchev–Trinajstić information content (AvgIpc) is 2.48. The van der Waals surface area contributed by atoms with Crippen molar-refractivity contribution in [2.24, 2.45) is 0 Å². The van der Waals surface area contributed by atoms with Crippen LogP contribution < -0.4 is 14.8 Å². The third-order valence-corrected chi connectivity index (χ3v) is 3.09. The molecule has 1 aromatic carbocycles. The van der Waals surface area contributed by atoms with Crippen LogP contribution in [0.3, 0.4) is 0 Å². The molecule has 112 valence electrons. The van der Waals surface area contributed by atoms with Crippen LogP contribution in [0.1, 0.15) is 18.2 Å². The van der Waals surface area contributed by atoms with E-state index in [4.69, 9.17) is 21.1 Å². The van der Waals surface area contributed by atoms with Crippen LogP contribution in [0.15, 0.2) is 24.3 Å². The van der Waals surface area contributed by atoms with E-state index in [0.29, 0.717) is 24.3 Å². The number of hydrogen-bond acceptors (Lipinski definition) is 5. The minimum absolute atomic E-state index is 0.378. The summed E-state index contributed by atoms with van der Waals surface area (Å²) in [6, 6.07) is 7.49. The second-order valence-electron chi connectivity index (χ2n) is 4.39. The lowest BCUT2D eigenvalue weighted by atomic mass is 10.2. The molecule has 0 radical (unpaired) electrons. The molecule has 1 N–H and O–H groups in total. The van der Waals surface area contributed by atoms with Gasteiger partial charge in [0, 0.05) is 23.0 Å². The number of hydrogen-bond donors (Lipinski definition) is 1. The van der Waals surface area contributed by atoms with Crippen molar-refractivity contribution >= 4 is 23.2 Å². The SMILES string of the molecule is CCOc1ccc(Nc2nc(C)cc(OC)n2)cc1CCl. The first-order chi connectivity index (χ1) is 10.2. The van der Waals surface area contributed by atoms with Crippen molar-refractivity contribution in [2.75, 3.05) is 19.0 Å². The molecule has 6 heteroatoms. The highest BCUT2D eigenvalue weighted by Gasteiger charge is 2.07. The fourth-order valence-corrected chi connectivity index (χ4v) is 2.10. The Labute approximate surface area is 129 Å². The Morgan fingerprint density at radius 1 is 1.24 bits per heavy atom. The van der Waals surface area contributed by atoms with Crippen LogP contribution in [-0.2, 0) is 5.88 Å². The van der Waals surface area contributed by atoms with E-state index in [0.717, 1.165) is 22.7 Å². The molecule has 0 aliphatic carbocycles. The maximum atomic E-state index is 5.96. The van der Waals surface area contributed by atoms with E-state index in [1.807, 2.05) is 32.0 Å². The summed E-state index contributed by atoms with van der Waals surface area (Å²) in [6.45, 7) is 4.43. The van der Waals surface area contributed by atoms with E-state index in [1.165, 1.54) is 0 Å². The molecule has 0 bridgehead atoms. The van der Waals surface area contributed by atoms with Crippen molar-refractivity contribution in [3.05, 3.63) is 35.5 Å². The van der Waals surface area contributed by atoms with E-state index in [2.05, 4.69) is 15.3 Å². The normalized spacial score (nSPS) is 10.3. The summed E-state index contributed by atoms with van der Waals surface area (Å²) >= 11 is 5.96. The quantitative estimate of drug-likeness (QED) is 0.825. The van der Waals surface area contributed by atoms with Crippen molar-refractivity contribution in [1.82, 2.24) is 9.97 Å². The predicted molar refractivity (Wildman–Crippen MR) is 83.8 cm³/mol. The van der Waals surface area contributed by atoms with Crippen molar-refractivity contribution in [3.63, 3.8) is 0 Å². The van der Waals surface area contributed by atoms with Crippen LogP contribution in [-0.4, -0.2) is 23.7 Å².